The lowest BCUT2D eigenvalue weighted by atomic mass is 10.3. The molecule has 2 aromatic heterocycles. The normalized spacial score (nSPS) is 10.4. The van der Waals surface area contributed by atoms with Crippen LogP contribution in [0.25, 0.3) is 10.7 Å². The summed E-state index contributed by atoms with van der Waals surface area (Å²) in [5.41, 5.74) is 1.63. The fraction of sp³-hybridized carbons (Fsp3) is 0.357. The molecule has 0 bridgehead atoms. The summed E-state index contributed by atoms with van der Waals surface area (Å²) in [4.78, 5) is 20.4. The summed E-state index contributed by atoms with van der Waals surface area (Å²) in [5, 5.41) is 8.78. The average molecular weight is 290 g/mol. The minimum Gasteiger partial charge on any atom is -0.354 e. The molecule has 0 aromatic carbocycles. The Balaban J connectivity index is 1.85. The molecule has 2 aromatic rings. The molecule has 0 saturated heterocycles. The highest BCUT2D eigenvalue weighted by molar-refractivity contribution is 7.13. The Morgan fingerprint density at radius 3 is 3.00 bits per heavy atom. The van der Waals surface area contributed by atoms with E-state index in [0.29, 0.717) is 13.0 Å². The molecule has 106 valence electrons. The van der Waals surface area contributed by atoms with Crippen molar-refractivity contribution >= 4 is 17.2 Å². The Morgan fingerprint density at radius 2 is 2.25 bits per heavy atom. The molecule has 0 radical (unpaired) electrons. The van der Waals surface area contributed by atoms with Crippen molar-refractivity contribution in [2.75, 3.05) is 19.6 Å². The maximum Gasteiger partial charge on any atom is 0.226 e. The van der Waals surface area contributed by atoms with E-state index in [2.05, 4.69) is 20.6 Å². The maximum absolute atomic E-state index is 11.7. The number of aromatic nitrogens is 2. The van der Waals surface area contributed by atoms with Crippen LogP contribution < -0.4 is 10.6 Å². The summed E-state index contributed by atoms with van der Waals surface area (Å²) in [6.45, 7) is 4.38. The van der Waals surface area contributed by atoms with Crippen molar-refractivity contribution < 1.29 is 4.79 Å². The first-order chi connectivity index (χ1) is 9.79. The van der Waals surface area contributed by atoms with Gasteiger partial charge in [-0.15, -0.1) is 11.3 Å². The summed E-state index contributed by atoms with van der Waals surface area (Å²) in [7, 11) is 0. The number of pyridine rings is 1. The van der Waals surface area contributed by atoms with Gasteiger partial charge in [-0.05, 0) is 18.7 Å². The van der Waals surface area contributed by atoms with E-state index in [9.17, 15) is 4.79 Å². The van der Waals surface area contributed by atoms with Crippen LogP contribution in [0.4, 0.5) is 0 Å². The number of carbonyl (C=O) groups is 1. The molecule has 2 heterocycles. The van der Waals surface area contributed by atoms with Gasteiger partial charge in [-0.25, -0.2) is 4.98 Å². The summed E-state index contributed by atoms with van der Waals surface area (Å²) < 4.78 is 0. The highest BCUT2D eigenvalue weighted by atomic mass is 32.1. The van der Waals surface area contributed by atoms with E-state index in [1.165, 1.54) is 11.3 Å². The van der Waals surface area contributed by atoms with Gasteiger partial charge in [0.2, 0.25) is 5.91 Å². The van der Waals surface area contributed by atoms with Crippen molar-refractivity contribution in [1.29, 1.82) is 0 Å². The van der Waals surface area contributed by atoms with Gasteiger partial charge in [-0.1, -0.05) is 13.0 Å². The monoisotopic (exact) mass is 290 g/mol. The number of nitrogens with zero attached hydrogens (tertiary/aromatic N) is 2. The molecular formula is C14H18N4OS. The molecule has 6 heteroatoms. The fourth-order valence-electron chi connectivity index (χ4n) is 1.69. The van der Waals surface area contributed by atoms with Crippen LogP contribution in [0.15, 0.2) is 29.8 Å². The van der Waals surface area contributed by atoms with Crippen molar-refractivity contribution in [2.24, 2.45) is 0 Å². The molecule has 0 aliphatic carbocycles. The molecule has 20 heavy (non-hydrogen) atoms. The molecule has 2 rings (SSSR count). The standard InChI is InChI=1S/C14H18N4OS/c1-2-15-7-8-17-13(19)9-11-10-20-14(18-11)12-5-3-4-6-16-12/h3-6,10,15H,2,7-9H2,1H3,(H,17,19). The number of amides is 1. The first kappa shape index (κ1) is 14.6. The van der Waals surface area contributed by atoms with E-state index in [1.54, 1.807) is 6.20 Å². The second-order valence-corrected chi connectivity index (χ2v) is 5.10. The summed E-state index contributed by atoms with van der Waals surface area (Å²) >= 11 is 1.51. The zero-order valence-electron chi connectivity index (χ0n) is 11.4. The van der Waals surface area contributed by atoms with Crippen LogP contribution in [-0.4, -0.2) is 35.5 Å². The largest absolute Gasteiger partial charge is 0.354 e. The van der Waals surface area contributed by atoms with Crippen molar-refractivity contribution in [3.05, 3.63) is 35.5 Å². The van der Waals surface area contributed by atoms with Crippen LogP contribution in [-0.2, 0) is 11.2 Å². The summed E-state index contributed by atoms with van der Waals surface area (Å²) in [6, 6.07) is 5.71. The topological polar surface area (TPSA) is 66.9 Å². The Morgan fingerprint density at radius 1 is 1.35 bits per heavy atom. The third-order valence-electron chi connectivity index (χ3n) is 2.65. The minimum absolute atomic E-state index is 0.000717. The van der Waals surface area contributed by atoms with Gasteiger partial charge >= 0.3 is 0 Å². The molecule has 0 aliphatic rings. The number of nitrogens with one attached hydrogen (secondary N) is 2. The Bertz CT molecular complexity index is 541. The average Bonchev–Trinajstić information content (AvgIpc) is 2.93. The lowest BCUT2D eigenvalue weighted by molar-refractivity contribution is -0.120. The number of likely N-dealkylation sites (N-methyl/N-ethyl adjacent to an activating group) is 1. The molecule has 0 aliphatic heterocycles. The molecule has 2 N–H and O–H groups in total. The van der Waals surface area contributed by atoms with Gasteiger partial charge in [0.15, 0.2) is 0 Å². The van der Waals surface area contributed by atoms with Crippen LogP contribution in [0.5, 0.6) is 0 Å². The zero-order valence-corrected chi connectivity index (χ0v) is 12.2. The quantitative estimate of drug-likeness (QED) is 0.758. The van der Waals surface area contributed by atoms with Crippen LogP contribution >= 0.6 is 11.3 Å². The number of rotatable bonds is 7. The van der Waals surface area contributed by atoms with E-state index < -0.39 is 0 Å². The smallest absolute Gasteiger partial charge is 0.226 e. The summed E-state index contributed by atoms with van der Waals surface area (Å²) in [6.07, 6.45) is 2.05. The maximum atomic E-state index is 11.7. The molecule has 1 amide bonds. The third kappa shape index (κ3) is 4.40. The molecule has 0 saturated carbocycles. The number of carbonyl (C=O) groups excluding carboxylic acids is 1. The van der Waals surface area contributed by atoms with Crippen molar-refractivity contribution in [2.45, 2.75) is 13.3 Å². The third-order valence-corrected chi connectivity index (χ3v) is 3.56. The van der Waals surface area contributed by atoms with E-state index in [-0.39, 0.29) is 5.91 Å². The Labute approximate surface area is 122 Å². The zero-order chi connectivity index (χ0) is 14.2. The highest BCUT2D eigenvalue weighted by Crippen LogP contribution is 2.21. The molecule has 0 unspecified atom stereocenters. The van der Waals surface area contributed by atoms with Crippen LogP contribution in [0.2, 0.25) is 0 Å². The molecule has 0 spiro atoms. The van der Waals surface area contributed by atoms with Crippen LogP contribution in [0, 0.1) is 0 Å². The molecular weight excluding hydrogens is 272 g/mol. The van der Waals surface area contributed by atoms with E-state index >= 15 is 0 Å². The first-order valence-corrected chi connectivity index (χ1v) is 7.50. The lowest BCUT2D eigenvalue weighted by Crippen LogP contribution is -2.32. The highest BCUT2D eigenvalue weighted by Gasteiger charge is 2.09. The Kier molecular flexibility index (Phi) is 5.64. The van der Waals surface area contributed by atoms with Crippen molar-refractivity contribution in [1.82, 2.24) is 20.6 Å². The van der Waals surface area contributed by atoms with E-state index in [4.69, 9.17) is 0 Å². The second kappa shape index (κ2) is 7.72. The van der Waals surface area contributed by atoms with Gasteiger partial charge in [-0.2, -0.15) is 0 Å². The van der Waals surface area contributed by atoms with Crippen LogP contribution in [0.1, 0.15) is 12.6 Å². The van der Waals surface area contributed by atoms with E-state index in [1.807, 2.05) is 30.5 Å². The first-order valence-electron chi connectivity index (χ1n) is 6.63. The van der Waals surface area contributed by atoms with Crippen LogP contribution in [0.3, 0.4) is 0 Å². The van der Waals surface area contributed by atoms with E-state index in [0.717, 1.165) is 29.5 Å². The molecule has 0 atom stereocenters. The van der Waals surface area contributed by atoms with Gasteiger partial charge < -0.3 is 10.6 Å². The Hall–Kier alpha value is -1.79. The molecule has 0 fully saturated rings. The SMILES string of the molecule is CCNCCNC(=O)Cc1csc(-c2ccccn2)n1. The van der Waals surface area contributed by atoms with Gasteiger partial charge in [0.05, 0.1) is 17.8 Å². The number of hydrogen-bond acceptors (Lipinski definition) is 5. The minimum atomic E-state index is 0.000717. The second-order valence-electron chi connectivity index (χ2n) is 4.24. The van der Waals surface area contributed by atoms with Crippen molar-refractivity contribution in [3.63, 3.8) is 0 Å². The van der Waals surface area contributed by atoms with Gasteiger partial charge in [0, 0.05) is 24.7 Å². The van der Waals surface area contributed by atoms with Gasteiger partial charge in [-0.3, -0.25) is 9.78 Å². The molecule has 5 nitrogen and oxygen atoms in total. The predicted molar refractivity (Wildman–Crippen MR) is 80.6 cm³/mol. The number of thiazole rings is 1. The fourth-order valence-corrected chi connectivity index (χ4v) is 2.48. The summed E-state index contributed by atoms with van der Waals surface area (Å²) in [5.74, 6) is 0.000717. The lowest BCUT2D eigenvalue weighted by Gasteiger charge is -2.04. The van der Waals surface area contributed by atoms with Gasteiger partial charge in [0.25, 0.3) is 0 Å². The number of hydrogen-bond donors (Lipinski definition) is 2. The van der Waals surface area contributed by atoms with Gasteiger partial charge in [0.1, 0.15) is 5.01 Å². The van der Waals surface area contributed by atoms with Crippen molar-refractivity contribution in [3.8, 4) is 10.7 Å². The predicted octanol–water partition coefficient (Wildman–Crippen LogP) is 1.47.